The Morgan fingerprint density at radius 2 is 1.76 bits per heavy atom. The highest BCUT2D eigenvalue weighted by molar-refractivity contribution is 7.99. The van der Waals surface area contributed by atoms with Gasteiger partial charge in [0.25, 0.3) is 0 Å². The molecule has 0 aromatic heterocycles. The first-order chi connectivity index (χ1) is 10.2. The maximum Gasteiger partial charge on any atom is 0.0437 e. The van der Waals surface area contributed by atoms with E-state index in [0.29, 0.717) is 11.3 Å². The van der Waals surface area contributed by atoms with Crippen LogP contribution in [0.2, 0.25) is 0 Å². The third-order valence-corrected chi connectivity index (χ3v) is 5.14. The van der Waals surface area contributed by atoms with E-state index < -0.39 is 0 Å². The van der Waals surface area contributed by atoms with E-state index in [1.54, 1.807) is 0 Å². The number of nitrogens with one attached hydrogen (secondary N) is 1. The molecule has 1 N–H and O–H groups in total. The normalized spacial score (nSPS) is 14.3. The van der Waals surface area contributed by atoms with Crippen LogP contribution in [0.4, 0.5) is 0 Å². The van der Waals surface area contributed by atoms with Gasteiger partial charge in [0.2, 0.25) is 0 Å². The van der Waals surface area contributed by atoms with E-state index in [-0.39, 0.29) is 0 Å². The monoisotopic (exact) mass is 308 g/mol. The Morgan fingerprint density at radius 1 is 1.10 bits per heavy atom. The summed E-state index contributed by atoms with van der Waals surface area (Å²) in [6.45, 7) is 13.7. The lowest BCUT2D eigenvalue weighted by molar-refractivity contribution is 0.323. The van der Waals surface area contributed by atoms with Crippen LogP contribution in [0.3, 0.4) is 0 Å². The third kappa shape index (κ3) is 6.86. The molecule has 0 amide bonds. The van der Waals surface area contributed by atoms with Crippen molar-refractivity contribution in [2.24, 2.45) is 0 Å². The Balaban J connectivity index is 2.53. The van der Waals surface area contributed by atoms with Gasteiger partial charge in [-0.2, -0.15) is 11.8 Å². The number of rotatable bonds is 11. The van der Waals surface area contributed by atoms with Crippen molar-refractivity contribution in [2.75, 3.05) is 31.9 Å². The summed E-state index contributed by atoms with van der Waals surface area (Å²) in [5.41, 5.74) is 1.41. The molecule has 1 rings (SSSR count). The van der Waals surface area contributed by atoms with E-state index in [4.69, 9.17) is 0 Å². The summed E-state index contributed by atoms with van der Waals surface area (Å²) in [5.74, 6) is 1.21. The van der Waals surface area contributed by atoms with Crippen LogP contribution in [0.15, 0.2) is 30.3 Å². The molecule has 0 aliphatic rings. The van der Waals surface area contributed by atoms with Crippen molar-refractivity contribution < 1.29 is 0 Å². The van der Waals surface area contributed by atoms with Crippen LogP contribution in [-0.2, 0) is 0 Å². The summed E-state index contributed by atoms with van der Waals surface area (Å²) in [4.78, 5) is 2.50. The first-order valence-corrected chi connectivity index (χ1v) is 9.40. The molecule has 0 saturated heterocycles. The van der Waals surface area contributed by atoms with Crippen LogP contribution in [0.1, 0.15) is 45.7 Å². The smallest absolute Gasteiger partial charge is 0.0437 e. The number of hydrogen-bond donors (Lipinski definition) is 1. The molecule has 0 radical (unpaired) electrons. The zero-order chi connectivity index (χ0) is 15.5. The predicted molar refractivity (Wildman–Crippen MR) is 97.2 cm³/mol. The molecule has 1 aromatic rings. The van der Waals surface area contributed by atoms with Crippen LogP contribution < -0.4 is 5.32 Å². The van der Waals surface area contributed by atoms with E-state index in [0.717, 1.165) is 19.6 Å². The van der Waals surface area contributed by atoms with Crippen molar-refractivity contribution in [3.05, 3.63) is 35.9 Å². The molecule has 0 saturated carbocycles. The van der Waals surface area contributed by atoms with Crippen molar-refractivity contribution in [3.63, 3.8) is 0 Å². The summed E-state index contributed by atoms with van der Waals surface area (Å²) in [6.07, 6.45) is 1.18. The third-order valence-electron chi connectivity index (χ3n) is 3.93. The molecule has 2 unspecified atom stereocenters. The molecule has 2 atom stereocenters. The summed E-state index contributed by atoms with van der Waals surface area (Å²) in [5, 5.41) is 4.31. The van der Waals surface area contributed by atoms with E-state index >= 15 is 0 Å². The van der Waals surface area contributed by atoms with Gasteiger partial charge in [-0.25, -0.2) is 0 Å². The second-order valence-electron chi connectivity index (χ2n) is 5.45. The average Bonchev–Trinajstić information content (AvgIpc) is 2.53. The average molecular weight is 309 g/mol. The van der Waals surface area contributed by atoms with Gasteiger partial charge in [0.05, 0.1) is 0 Å². The number of hydrogen-bond acceptors (Lipinski definition) is 3. The summed E-state index contributed by atoms with van der Waals surface area (Å²) in [7, 11) is 0. The molecular weight excluding hydrogens is 276 g/mol. The van der Waals surface area contributed by atoms with Gasteiger partial charge in [-0.05, 0) is 31.6 Å². The largest absolute Gasteiger partial charge is 0.309 e. The molecule has 120 valence electrons. The molecule has 0 fully saturated rings. The quantitative estimate of drug-likeness (QED) is 0.660. The Labute approximate surface area is 135 Å². The second-order valence-corrected chi connectivity index (χ2v) is 6.93. The van der Waals surface area contributed by atoms with Crippen molar-refractivity contribution in [2.45, 2.75) is 45.4 Å². The lowest BCUT2D eigenvalue weighted by Crippen LogP contribution is -2.31. The van der Waals surface area contributed by atoms with E-state index in [1.165, 1.54) is 24.3 Å². The number of nitrogens with zero attached hydrogens (tertiary/aromatic N) is 1. The van der Waals surface area contributed by atoms with Crippen LogP contribution >= 0.6 is 11.8 Å². The van der Waals surface area contributed by atoms with Gasteiger partial charge in [-0.1, -0.05) is 58.0 Å². The van der Waals surface area contributed by atoms with Crippen LogP contribution in [0.25, 0.3) is 0 Å². The Hall–Kier alpha value is -0.510. The Morgan fingerprint density at radius 3 is 2.33 bits per heavy atom. The van der Waals surface area contributed by atoms with E-state index in [1.807, 2.05) is 0 Å². The minimum atomic E-state index is 0.452. The summed E-state index contributed by atoms with van der Waals surface area (Å²) >= 11 is 2.08. The van der Waals surface area contributed by atoms with Gasteiger partial charge < -0.3 is 10.2 Å². The Bertz CT molecular complexity index is 351. The van der Waals surface area contributed by atoms with Crippen LogP contribution in [-0.4, -0.2) is 42.1 Å². The zero-order valence-electron chi connectivity index (χ0n) is 14.1. The second kappa shape index (κ2) is 11.1. The lowest BCUT2D eigenvalue weighted by atomic mass is 10.0. The highest BCUT2D eigenvalue weighted by Gasteiger charge is 2.18. The molecule has 1 aromatic carbocycles. The first-order valence-electron chi connectivity index (χ1n) is 8.35. The van der Waals surface area contributed by atoms with Crippen molar-refractivity contribution in [3.8, 4) is 0 Å². The fraction of sp³-hybridized carbons (Fsp3) is 0.667. The lowest BCUT2D eigenvalue weighted by Gasteiger charge is -2.26. The van der Waals surface area contributed by atoms with Crippen molar-refractivity contribution in [1.82, 2.24) is 10.2 Å². The molecule has 0 bridgehead atoms. The van der Waals surface area contributed by atoms with Gasteiger partial charge in [0.1, 0.15) is 0 Å². The predicted octanol–water partition coefficient (Wildman–Crippen LogP) is 4.19. The Kier molecular flexibility index (Phi) is 9.81. The zero-order valence-corrected chi connectivity index (χ0v) is 15.0. The van der Waals surface area contributed by atoms with Gasteiger partial charge >= 0.3 is 0 Å². The molecule has 0 aliphatic carbocycles. The van der Waals surface area contributed by atoms with Gasteiger partial charge in [0, 0.05) is 23.6 Å². The van der Waals surface area contributed by atoms with Gasteiger partial charge in [-0.15, -0.1) is 0 Å². The number of benzene rings is 1. The highest BCUT2D eigenvalue weighted by atomic mass is 32.2. The van der Waals surface area contributed by atoms with E-state index in [2.05, 4.69) is 80.0 Å². The minimum Gasteiger partial charge on any atom is -0.309 e. The maximum atomic E-state index is 3.72. The molecule has 0 spiro atoms. The van der Waals surface area contributed by atoms with Gasteiger partial charge in [-0.3, -0.25) is 0 Å². The number of thioether (sulfide) groups is 1. The topological polar surface area (TPSA) is 15.3 Å². The standard InChI is InChI=1S/C18H32N2S/c1-5-13-19-18(17-11-9-8-10-12-17)16(4)21-15-14-20(6-2)7-3/h8-12,16,18-19H,5-7,13-15H2,1-4H3. The van der Waals surface area contributed by atoms with Crippen LogP contribution in [0.5, 0.6) is 0 Å². The maximum absolute atomic E-state index is 3.72. The fourth-order valence-electron chi connectivity index (χ4n) is 2.52. The molecule has 3 heteroatoms. The molecule has 0 aliphatic heterocycles. The highest BCUT2D eigenvalue weighted by Crippen LogP contribution is 2.26. The van der Waals surface area contributed by atoms with Crippen molar-refractivity contribution in [1.29, 1.82) is 0 Å². The molecule has 21 heavy (non-hydrogen) atoms. The summed E-state index contributed by atoms with van der Waals surface area (Å²) < 4.78 is 0. The minimum absolute atomic E-state index is 0.452. The molecular formula is C18H32N2S. The van der Waals surface area contributed by atoms with Gasteiger partial charge in [0.15, 0.2) is 0 Å². The molecule has 0 heterocycles. The van der Waals surface area contributed by atoms with E-state index in [9.17, 15) is 0 Å². The summed E-state index contributed by atoms with van der Waals surface area (Å²) in [6, 6.07) is 11.3. The molecule has 2 nitrogen and oxygen atoms in total. The van der Waals surface area contributed by atoms with Crippen molar-refractivity contribution >= 4 is 11.8 Å². The SMILES string of the molecule is CCCNC(c1ccccc1)C(C)SCCN(CC)CC. The fourth-order valence-corrected chi connectivity index (χ4v) is 3.70. The van der Waals surface area contributed by atoms with Crippen LogP contribution in [0, 0.1) is 0 Å². The first kappa shape index (κ1) is 18.5.